The Morgan fingerprint density at radius 2 is 2.08 bits per heavy atom. The van der Waals surface area contributed by atoms with Gasteiger partial charge in [0.15, 0.2) is 0 Å². The molecule has 0 bridgehead atoms. The van der Waals surface area contributed by atoms with Gasteiger partial charge in [-0.15, -0.1) is 11.3 Å². The molecule has 24 heavy (non-hydrogen) atoms. The lowest BCUT2D eigenvalue weighted by molar-refractivity contribution is 0.0761. The van der Waals surface area contributed by atoms with Crippen LogP contribution in [0.15, 0.2) is 18.5 Å². The van der Waals surface area contributed by atoms with Gasteiger partial charge < -0.3 is 4.90 Å². The van der Waals surface area contributed by atoms with Crippen LogP contribution in [-0.2, 0) is 13.1 Å². The zero-order chi connectivity index (χ0) is 17.1. The lowest BCUT2D eigenvalue weighted by Crippen LogP contribution is -2.35. The fraction of sp³-hybridized carbons (Fsp3) is 0.556. The molecular formula is C18H26N4OS. The second kappa shape index (κ2) is 7.49. The lowest BCUT2D eigenvalue weighted by atomic mass is 10.2. The van der Waals surface area contributed by atoms with Crippen LogP contribution in [0.3, 0.4) is 0 Å². The van der Waals surface area contributed by atoms with Gasteiger partial charge in [0.25, 0.3) is 5.91 Å². The second-order valence-electron chi connectivity index (χ2n) is 6.45. The summed E-state index contributed by atoms with van der Waals surface area (Å²) in [5.41, 5.74) is 2.14. The minimum atomic E-state index is 0.192. The van der Waals surface area contributed by atoms with E-state index in [4.69, 9.17) is 0 Å². The van der Waals surface area contributed by atoms with Crippen LogP contribution in [0.5, 0.6) is 0 Å². The first-order chi connectivity index (χ1) is 11.6. The van der Waals surface area contributed by atoms with Crippen molar-refractivity contribution in [2.75, 3.05) is 26.2 Å². The minimum Gasteiger partial charge on any atom is -0.337 e. The largest absolute Gasteiger partial charge is 0.337 e. The SMILES string of the molecule is CCn1cc(CN2CCCN(C(=O)c3cc(C)sc3C)CC2)cn1. The summed E-state index contributed by atoms with van der Waals surface area (Å²) in [6.45, 7) is 11.6. The second-order valence-corrected chi connectivity index (χ2v) is 7.91. The van der Waals surface area contributed by atoms with Gasteiger partial charge in [0.05, 0.1) is 11.8 Å². The van der Waals surface area contributed by atoms with Crippen LogP contribution in [0.4, 0.5) is 0 Å². The zero-order valence-electron chi connectivity index (χ0n) is 14.8. The Hall–Kier alpha value is -1.66. The number of nitrogens with zero attached hydrogens (tertiary/aromatic N) is 4. The molecule has 0 aliphatic carbocycles. The van der Waals surface area contributed by atoms with Gasteiger partial charge in [0.2, 0.25) is 0 Å². The lowest BCUT2D eigenvalue weighted by Gasteiger charge is -2.21. The summed E-state index contributed by atoms with van der Waals surface area (Å²) in [6.07, 6.45) is 5.09. The molecule has 0 spiro atoms. The average molecular weight is 347 g/mol. The van der Waals surface area contributed by atoms with Crippen LogP contribution in [0.2, 0.25) is 0 Å². The Kier molecular flexibility index (Phi) is 5.36. The summed E-state index contributed by atoms with van der Waals surface area (Å²) in [7, 11) is 0. The van der Waals surface area contributed by atoms with Gasteiger partial charge >= 0.3 is 0 Å². The summed E-state index contributed by atoms with van der Waals surface area (Å²) in [6, 6.07) is 2.03. The van der Waals surface area contributed by atoms with E-state index in [-0.39, 0.29) is 5.91 Å². The molecule has 3 heterocycles. The van der Waals surface area contributed by atoms with Crippen LogP contribution in [0.25, 0.3) is 0 Å². The van der Waals surface area contributed by atoms with E-state index >= 15 is 0 Å². The predicted molar refractivity (Wildman–Crippen MR) is 97.5 cm³/mol. The molecule has 1 aliphatic rings. The van der Waals surface area contributed by atoms with Gasteiger partial charge in [0.1, 0.15) is 0 Å². The van der Waals surface area contributed by atoms with Crippen LogP contribution in [-0.4, -0.2) is 51.7 Å². The monoisotopic (exact) mass is 346 g/mol. The molecule has 1 aliphatic heterocycles. The third-order valence-electron chi connectivity index (χ3n) is 4.56. The topological polar surface area (TPSA) is 41.4 Å². The molecule has 130 valence electrons. The molecule has 6 heteroatoms. The fourth-order valence-corrected chi connectivity index (χ4v) is 4.18. The van der Waals surface area contributed by atoms with Crippen molar-refractivity contribution in [1.82, 2.24) is 19.6 Å². The van der Waals surface area contributed by atoms with Crippen molar-refractivity contribution >= 4 is 17.2 Å². The maximum absolute atomic E-state index is 12.8. The molecule has 2 aromatic rings. The maximum atomic E-state index is 12.8. The number of carbonyl (C=O) groups excluding carboxylic acids is 1. The minimum absolute atomic E-state index is 0.192. The van der Waals surface area contributed by atoms with Gasteiger partial charge in [0, 0.05) is 60.8 Å². The zero-order valence-corrected chi connectivity index (χ0v) is 15.6. The predicted octanol–water partition coefficient (Wildman–Crippen LogP) is 2.93. The summed E-state index contributed by atoms with van der Waals surface area (Å²) < 4.78 is 1.96. The molecule has 1 fully saturated rings. The molecule has 5 nitrogen and oxygen atoms in total. The number of hydrogen-bond donors (Lipinski definition) is 0. The quantitative estimate of drug-likeness (QED) is 0.855. The summed E-state index contributed by atoms with van der Waals surface area (Å²) in [4.78, 5) is 19.6. The molecule has 1 saturated heterocycles. The van der Waals surface area contributed by atoms with Crippen molar-refractivity contribution in [1.29, 1.82) is 0 Å². The highest BCUT2D eigenvalue weighted by Gasteiger charge is 2.22. The van der Waals surface area contributed by atoms with E-state index in [1.54, 1.807) is 11.3 Å². The van der Waals surface area contributed by atoms with E-state index in [1.165, 1.54) is 10.4 Å². The Morgan fingerprint density at radius 3 is 2.75 bits per heavy atom. The van der Waals surface area contributed by atoms with Crippen LogP contribution < -0.4 is 0 Å². The Morgan fingerprint density at radius 1 is 1.25 bits per heavy atom. The molecular weight excluding hydrogens is 320 g/mol. The molecule has 0 N–H and O–H groups in total. The number of aromatic nitrogens is 2. The molecule has 0 atom stereocenters. The highest BCUT2D eigenvalue weighted by Crippen LogP contribution is 2.22. The van der Waals surface area contributed by atoms with Crippen molar-refractivity contribution in [3.05, 3.63) is 39.3 Å². The third-order valence-corrected chi connectivity index (χ3v) is 5.53. The molecule has 0 saturated carbocycles. The smallest absolute Gasteiger partial charge is 0.255 e. The van der Waals surface area contributed by atoms with Gasteiger partial charge in [-0.05, 0) is 33.3 Å². The van der Waals surface area contributed by atoms with Gasteiger partial charge in [-0.3, -0.25) is 14.4 Å². The average Bonchev–Trinajstić information content (AvgIpc) is 3.06. The van der Waals surface area contributed by atoms with Crippen LogP contribution >= 0.6 is 11.3 Å². The Bertz CT molecular complexity index is 706. The van der Waals surface area contributed by atoms with E-state index in [1.807, 2.05) is 28.8 Å². The first-order valence-corrected chi connectivity index (χ1v) is 9.48. The molecule has 1 amide bonds. The third kappa shape index (κ3) is 3.87. The molecule has 0 radical (unpaired) electrons. The van der Waals surface area contributed by atoms with Crippen LogP contribution in [0, 0.1) is 13.8 Å². The van der Waals surface area contributed by atoms with E-state index in [0.29, 0.717) is 0 Å². The standard InChI is InChI=1S/C18H26N4OS/c1-4-22-13-16(11-19-22)12-20-6-5-7-21(9-8-20)18(23)17-10-14(2)24-15(17)3/h10-11,13H,4-9,12H2,1-3H3. The van der Waals surface area contributed by atoms with Crippen molar-refractivity contribution < 1.29 is 4.79 Å². The van der Waals surface area contributed by atoms with E-state index < -0.39 is 0 Å². The van der Waals surface area contributed by atoms with Gasteiger partial charge in [-0.1, -0.05) is 0 Å². The van der Waals surface area contributed by atoms with Gasteiger partial charge in [-0.25, -0.2) is 0 Å². The highest BCUT2D eigenvalue weighted by atomic mass is 32.1. The van der Waals surface area contributed by atoms with Gasteiger partial charge in [-0.2, -0.15) is 5.10 Å². The maximum Gasteiger partial charge on any atom is 0.255 e. The van der Waals surface area contributed by atoms with E-state index in [9.17, 15) is 4.79 Å². The molecule has 2 aromatic heterocycles. The first-order valence-electron chi connectivity index (χ1n) is 8.67. The van der Waals surface area contributed by atoms with Crippen molar-refractivity contribution in [2.45, 2.75) is 40.3 Å². The van der Waals surface area contributed by atoms with Crippen molar-refractivity contribution in [2.24, 2.45) is 0 Å². The van der Waals surface area contributed by atoms with Crippen molar-refractivity contribution in [3.8, 4) is 0 Å². The number of rotatable bonds is 4. The van der Waals surface area contributed by atoms with E-state index in [2.05, 4.69) is 30.0 Å². The number of amides is 1. The number of aryl methyl sites for hydroxylation is 3. The molecule has 3 rings (SSSR count). The summed E-state index contributed by atoms with van der Waals surface area (Å²) >= 11 is 1.71. The molecule has 0 unspecified atom stereocenters. The summed E-state index contributed by atoms with van der Waals surface area (Å²) in [5.74, 6) is 0.192. The summed E-state index contributed by atoms with van der Waals surface area (Å²) in [5, 5.41) is 4.35. The van der Waals surface area contributed by atoms with E-state index in [0.717, 1.165) is 56.1 Å². The first kappa shape index (κ1) is 17.2. The number of hydrogen-bond acceptors (Lipinski definition) is 4. The van der Waals surface area contributed by atoms with Crippen molar-refractivity contribution in [3.63, 3.8) is 0 Å². The number of carbonyl (C=O) groups is 1. The highest BCUT2D eigenvalue weighted by molar-refractivity contribution is 7.12. The van der Waals surface area contributed by atoms with Crippen LogP contribution in [0.1, 0.15) is 39.0 Å². The molecule has 0 aromatic carbocycles. The number of thiophene rings is 1. The Labute approximate surface area is 147 Å². The Balaban J connectivity index is 1.60. The fourth-order valence-electron chi connectivity index (χ4n) is 3.26. The normalized spacial score (nSPS) is 16.4.